The molecule has 0 aliphatic carbocycles. The Morgan fingerprint density at radius 3 is 2.93 bits per heavy atom. The first kappa shape index (κ1) is 11.6. The van der Waals surface area contributed by atoms with E-state index in [1.54, 1.807) is 0 Å². The third-order valence-electron chi connectivity index (χ3n) is 3.28. The van der Waals surface area contributed by atoms with Crippen molar-refractivity contribution in [3.05, 3.63) is 20.8 Å². The summed E-state index contributed by atoms with van der Waals surface area (Å²) in [5, 5.41) is 2.16. The molecule has 0 bridgehead atoms. The van der Waals surface area contributed by atoms with Crippen LogP contribution < -0.4 is 0 Å². The van der Waals surface area contributed by atoms with Crippen molar-refractivity contribution in [3.63, 3.8) is 0 Å². The minimum absolute atomic E-state index is 0.746. The molecule has 2 unspecified atom stereocenters. The normalized spacial score (nSPS) is 28.2. The van der Waals surface area contributed by atoms with Crippen LogP contribution in [-0.2, 0) is 6.54 Å². The Bertz CT molecular complexity index is 323. The molecule has 1 fully saturated rings. The quantitative estimate of drug-likeness (QED) is 0.791. The Hall–Kier alpha value is 0.140. The van der Waals surface area contributed by atoms with Crippen molar-refractivity contribution in [1.82, 2.24) is 4.90 Å². The molecule has 0 aromatic carbocycles. The summed E-state index contributed by atoms with van der Waals surface area (Å²) in [4.78, 5) is 4.08. The van der Waals surface area contributed by atoms with Gasteiger partial charge >= 0.3 is 0 Å². The molecule has 1 nitrogen and oxygen atoms in total. The topological polar surface area (TPSA) is 3.24 Å². The second kappa shape index (κ2) is 4.98. The molecular formula is C12H18BrNS. The summed E-state index contributed by atoms with van der Waals surface area (Å²) < 4.78 is 1.28. The molecule has 0 radical (unpaired) electrons. The molecule has 2 atom stereocenters. The van der Waals surface area contributed by atoms with E-state index in [1.807, 2.05) is 11.3 Å². The van der Waals surface area contributed by atoms with Crippen LogP contribution in [0.4, 0.5) is 0 Å². The summed E-state index contributed by atoms with van der Waals surface area (Å²) in [6.45, 7) is 7.09. The smallest absolute Gasteiger partial charge is 0.0342 e. The minimum Gasteiger partial charge on any atom is -0.295 e. The summed E-state index contributed by atoms with van der Waals surface area (Å²) in [6, 6.07) is 2.90. The fraction of sp³-hybridized carbons (Fsp3) is 0.667. The van der Waals surface area contributed by atoms with Gasteiger partial charge in [-0.2, -0.15) is 0 Å². The average Bonchev–Trinajstić information content (AvgIpc) is 2.58. The zero-order valence-electron chi connectivity index (χ0n) is 9.37. The van der Waals surface area contributed by atoms with Crippen LogP contribution in [0.15, 0.2) is 15.9 Å². The molecule has 1 aromatic rings. The molecule has 84 valence electrons. The largest absolute Gasteiger partial charge is 0.295 e. The SMILES string of the molecule is CC1CCC(C)N(Cc2sccc2Br)C1. The van der Waals surface area contributed by atoms with Crippen molar-refractivity contribution in [3.8, 4) is 0 Å². The zero-order valence-corrected chi connectivity index (χ0v) is 11.8. The molecule has 1 aliphatic heterocycles. The van der Waals surface area contributed by atoms with Crippen LogP contribution in [0.3, 0.4) is 0 Å². The maximum Gasteiger partial charge on any atom is 0.0342 e. The molecule has 0 spiro atoms. The number of halogens is 1. The number of rotatable bonds is 2. The van der Waals surface area contributed by atoms with Crippen LogP contribution in [-0.4, -0.2) is 17.5 Å². The number of hydrogen-bond acceptors (Lipinski definition) is 2. The second-order valence-electron chi connectivity index (χ2n) is 4.65. The maximum absolute atomic E-state index is 3.61. The van der Waals surface area contributed by atoms with Gasteiger partial charge in [-0.15, -0.1) is 11.3 Å². The first-order valence-electron chi connectivity index (χ1n) is 5.62. The molecule has 2 heterocycles. The number of nitrogens with zero attached hydrogens (tertiary/aromatic N) is 1. The molecule has 3 heteroatoms. The van der Waals surface area contributed by atoms with E-state index in [-0.39, 0.29) is 0 Å². The monoisotopic (exact) mass is 287 g/mol. The van der Waals surface area contributed by atoms with Gasteiger partial charge < -0.3 is 0 Å². The van der Waals surface area contributed by atoms with Gasteiger partial charge in [0.05, 0.1) is 0 Å². The van der Waals surface area contributed by atoms with Crippen LogP contribution >= 0.6 is 27.3 Å². The molecule has 2 rings (SSSR count). The van der Waals surface area contributed by atoms with Crippen LogP contribution in [0, 0.1) is 5.92 Å². The number of piperidine rings is 1. The van der Waals surface area contributed by atoms with Gasteiger partial charge in [0.15, 0.2) is 0 Å². The molecule has 0 amide bonds. The van der Waals surface area contributed by atoms with E-state index in [2.05, 4.69) is 46.1 Å². The average molecular weight is 288 g/mol. The highest BCUT2D eigenvalue weighted by atomic mass is 79.9. The first-order valence-corrected chi connectivity index (χ1v) is 7.30. The third kappa shape index (κ3) is 2.83. The van der Waals surface area contributed by atoms with E-state index in [9.17, 15) is 0 Å². The van der Waals surface area contributed by atoms with Gasteiger partial charge in [-0.05, 0) is 53.1 Å². The van der Waals surface area contributed by atoms with Crippen molar-refractivity contribution < 1.29 is 0 Å². The van der Waals surface area contributed by atoms with Gasteiger partial charge in [-0.25, -0.2) is 0 Å². The number of thiophene rings is 1. The lowest BCUT2D eigenvalue weighted by atomic mass is 9.95. The second-order valence-corrected chi connectivity index (χ2v) is 6.51. The van der Waals surface area contributed by atoms with Gasteiger partial charge in [-0.1, -0.05) is 6.92 Å². The fourth-order valence-electron chi connectivity index (χ4n) is 2.22. The van der Waals surface area contributed by atoms with E-state index in [4.69, 9.17) is 0 Å². The molecule has 15 heavy (non-hydrogen) atoms. The maximum atomic E-state index is 3.61. The van der Waals surface area contributed by atoms with Crippen molar-refractivity contribution in [1.29, 1.82) is 0 Å². The van der Waals surface area contributed by atoms with Crippen LogP contribution in [0.25, 0.3) is 0 Å². The minimum atomic E-state index is 0.746. The van der Waals surface area contributed by atoms with Gasteiger partial charge in [0.1, 0.15) is 0 Å². The summed E-state index contributed by atoms with van der Waals surface area (Å²) in [7, 11) is 0. The Morgan fingerprint density at radius 2 is 2.27 bits per heavy atom. The Labute approximate surface area is 105 Å². The van der Waals surface area contributed by atoms with Crippen molar-refractivity contribution in [2.45, 2.75) is 39.3 Å². The summed E-state index contributed by atoms with van der Waals surface area (Å²) in [5.74, 6) is 0.861. The van der Waals surface area contributed by atoms with Crippen LogP contribution in [0.1, 0.15) is 31.6 Å². The Balaban J connectivity index is 2.01. The van der Waals surface area contributed by atoms with Crippen LogP contribution in [0.5, 0.6) is 0 Å². The van der Waals surface area contributed by atoms with Crippen LogP contribution in [0.2, 0.25) is 0 Å². The van der Waals surface area contributed by atoms with Crippen molar-refractivity contribution >= 4 is 27.3 Å². The van der Waals surface area contributed by atoms with Crippen molar-refractivity contribution in [2.75, 3.05) is 6.54 Å². The van der Waals surface area contributed by atoms with E-state index in [0.717, 1.165) is 18.5 Å². The summed E-state index contributed by atoms with van der Waals surface area (Å²) in [6.07, 6.45) is 2.74. The highest BCUT2D eigenvalue weighted by molar-refractivity contribution is 9.10. The summed E-state index contributed by atoms with van der Waals surface area (Å²) in [5.41, 5.74) is 0. The standard InChI is InChI=1S/C12H18BrNS/c1-9-3-4-10(2)14(7-9)8-12-11(13)5-6-15-12/h5-6,9-10H,3-4,7-8H2,1-2H3. The van der Waals surface area contributed by atoms with Crippen molar-refractivity contribution in [2.24, 2.45) is 5.92 Å². The highest BCUT2D eigenvalue weighted by Gasteiger charge is 2.23. The highest BCUT2D eigenvalue weighted by Crippen LogP contribution is 2.28. The predicted molar refractivity (Wildman–Crippen MR) is 70.3 cm³/mol. The zero-order chi connectivity index (χ0) is 10.8. The van der Waals surface area contributed by atoms with E-state index in [0.29, 0.717) is 0 Å². The van der Waals surface area contributed by atoms with E-state index in [1.165, 1.54) is 28.7 Å². The molecule has 0 saturated carbocycles. The third-order valence-corrected chi connectivity index (χ3v) is 5.20. The molecule has 1 aromatic heterocycles. The van der Waals surface area contributed by atoms with Gasteiger partial charge in [0.2, 0.25) is 0 Å². The van der Waals surface area contributed by atoms with E-state index >= 15 is 0 Å². The van der Waals surface area contributed by atoms with E-state index < -0.39 is 0 Å². The Morgan fingerprint density at radius 1 is 1.47 bits per heavy atom. The number of hydrogen-bond donors (Lipinski definition) is 0. The molecular weight excluding hydrogens is 270 g/mol. The van der Waals surface area contributed by atoms with Gasteiger partial charge in [0, 0.05) is 28.5 Å². The first-order chi connectivity index (χ1) is 7.16. The lowest BCUT2D eigenvalue weighted by Gasteiger charge is -2.36. The lowest BCUT2D eigenvalue weighted by Crippen LogP contribution is -2.40. The summed E-state index contributed by atoms with van der Waals surface area (Å²) >= 11 is 5.47. The predicted octanol–water partition coefficient (Wildman–Crippen LogP) is 4.13. The fourth-order valence-corrected chi connectivity index (χ4v) is 3.72. The Kier molecular flexibility index (Phi) is 3.86. The lowest BCUT2D eigenvalue weighted by molar-refractivity contribution is 0.118. The molecule has 1 saturated heterocycles. The number of likely N-dealkylation sites (tertiary alicyclic amines) is 1. The van der Waals surface area contributed by atoms with Gasteiger partial charge in [-0.3, -0.25) is 4.90 Å². The van der Waals surface area contributed by atoms with Gasteiger partial charge in [0.25, 0.3) is 0 Å². The molecule has 0 N–H and O–H groups in total. The molecule has 1 aliphatic rings.